The van der Waals surface area contributed by atoms with E-state index in [4.69, 9.17) is 0 Å². The quantitative estimate of drug-likeness (QED) is 0.163. The Bertz CT molecular complexity index is 3520. The molecule has 9 aromatic rings. The minimum Gasteiger partial charge on any atom is -0.319 e. The third kappa shape index (κ3) is 7.11. The molecule has 3 nitrogen and oxygen atoms in total. The molecule has 0 radical (unpaired) electrons. The van der Waals surface area contributed by atoms with Crippen LogP contribution in [0.15, 0.2) is 140 Å². The predicted octanol–water partition coefficient (Wildman–Crippen LogP) is 16.9. The second-order valence-electron chi connectivity index (χ2n) is 25.0. The monoisotopic (exact) mass is 934 g/mol. The first-order valence-corrected chi connectivity index (χ1v) is 26.8. The normalized spacial score (nSPS) is 15.3. The van der Waals surface area contributed by atoms with Gasteiger partial charge in [-0.2, -0.15) is 0 Å². The van der Waals surface area contributed by atoms with Crippen molar-refractivity contribution in [2.75, 3.05) is 9.80 Å². The average Bonchev–Trinajstić information content (AvgIpc) is 4.08. The molecule has 4 heterocycles. The number of anilines is 6. The van der Waals surface area contributed by atoms with Crippen molar-refractivity contribution in [3.63, 3.8) is 0 Å². The Morgan fingerprint density at radius 1 is 0.486 bits per heavy atom. The van der Waals surface area contributed by atoms with Crippen LogP contribution < -0.4 is 26.3 Å². The van der Waals surface area contributed by atoms with E-state index in [1.165, 1.54) is 141 Å². The molecular formula is C65H68BN3S. The van der Waals surface area contributed by atoms with Crippen LogP contribution in [0.25, 0.3) is 36.8 Å². The topological polar surface area (TPSA) is 11.4 Å². The van der Waals surface area contributed by atoms with E-state index in [-0.39, 0.29) is 28.4 Å². The number of thiophene rings is 1. The standard InChI is InChI=1S/C65H68BN3S/c1-62(2,3)42-21-28-46(29-22-42)67-52-35-27-45(65(10,11)12)39-51(52)66-58-54(67)37-41(40-17-13-14-18-40)38-55(58)68(47-30-23-43(24-31-47)63(4,5)6)59-57-53(36-34-50-49-19-15-16-20-56(49)70-60(50)57)69(61(59)66)48-32-25-44(26-33-48)64(7,8)9/h15-16,19-40H,13-14,17-18H2,1-12H3. The molecule has 1 aliphatic carbocycles. The van der Waals surface area contributed by atoms with E-state index in [1.54, 1.807) is 0 Å². The second-order valence-corrected chi connectivity index (χ2v) is 26.0. The van der Waals surface area contributed by atoms with Gasteiger partial charge in [-0.25, -0.2) is 0 Å². The molecule has 0 saturated heterocycles. The second kappa shape index (κ2) is 15.7. The Morgan fingerprint density at radius 3 is 1.57 bits per heavy atom. The molecule has 0 amide bonds. The van der Waals surface area contributed by atoms with Crippen LogP contribution in [0.3, 0.4) is 0 Å². The molecule has 70 heavy (non-hydrogen) atoms. The summed E-state index contributed by atoms with van der Waals surface area (Å²) in [4.78, 5) is 5.37. The first-order chi connectivity index (χ1) is 33.3. The first kappa shape index (κ1) is 45.1. The Morgan fingerprint density at radius 2 is 1.00 bits per heavy atom. The third-order valence-corrected chi connectivity index (χ3v) is 17.4. The molecule has 352 valence electrons. The van der Waals surface area contributed by atoms with Crippen molar-refractivity contribution >= 4 is 99.8 Å². The van der Waals surface area contributed by atoms with Gasteiger partial charge in [0, 0.05) is 65.3 Å². The zero-order valence-electron chi connectivity index (χ0n) is 43.5. The first-order valence-electron chi connectivity index (χ1n) is 26.0. The van der Waals surface area contributed by atoms with Gasteiger partial charge in [0.2, 0.25) is 0 Å². The fraction of sp³-hybridized carbons (Fsp3) is 0.323. The summed E-state index contributed by atoms with van der Waals surface area (Å²) in [5.41, 5.74) is 21.0. The minimum atomic E-state index is -0.0655. The van der Waals surface area contributed by atoms with Crippen molar-refractivity contribution in [1.29, 1.82) is 0 Å². The van der Waals surface area contributed by atoms with Crippen LogP contribution >= 0.6 is 11.3 Å². The predicted molar refractivity (Wildman–Crippen MR) is 306 cm³/mol. The van der Waals surface area contributed by atoms with E-state index in [1.807, 2.05) is 11.3 Å². The van der Waals surface area contributed by atoms with Crippen molar-refractivity contribution in [3.05, 3.63) is 167 Å². The van der Waals surface area contributed by atoms with Gasteiger partial charge < -0.3 is 14.4 Å². The molecule has 1 saturated carbocycles. The lowest BCUT2D eigenvalue weighted by Gasteiger charge is -2.44. The molecule has 0 N–H and O–H groups in total. The smallest absolute Gasteiger partial charge is 0.273 e. The molecule has 12 rings (SSSR count). The fourth-order valence-electron chi connectivity index (χ4n) is 12.2. The fourth-order valence-corrected chi connectivity index (χ4v) is 13.4. The van der Waals surface area contributed by atoms with Crippen LogP contribution in [-0.2, 0) is 21.7 Å². The summed E-state index contributed by atoms with van der Waals surface area (Å²) in [5, 5.41) is 3.99. The van der Waals surface area contributed by atoms with Gasteiger partial charge in [-0.05, 0) is 146 Å². The van der Waals surface area contributed by atoms with Crippen LogP contribution in [0.4, 0.5) is 34.1 Å². The molecule has 0 unspecified atom stereocenters. The number of rotatable bonds is 4. The molecule has 0 atom stereocenters. The summed E-state index contributed by atoms with van der Waals surface area (Å²) in [6.45, 7) is 28.0. The molecule has 3 aliphatic rings. The van der Waals surface area contributed by atoms with Crippen molar-refractivity contribution < 1.29 is 0 Å². The van der Waals surface area contributed by atoms with E-state index >= 15 is 0 Å². The van der Waals surface area contributed by atoms with Gasteiger partial charge in [0.1, 0.15) is 0 Å². The summed E-state index contributed by atoms with van der Waals surface area (Å²) in [7, 11) is 0. The zero-order valence-corrected chi connectivity index (χ0v) is 44.3. The van der Waals surface area contributed by atoms with Gasteiger partial charge in [-0.3, -0.25) is 0 Å². The van der Waals surface area contributed by atoms with E-state index in [0.29, 0.717) is 5.92 Å². The summed E-state index contributed by atoms with van der Waals surface area (Å²) in [6.07, 6.45) is 5.02. The van der Waals surface area contributed by atoms with Gasteiger partial charge >= 0.3 is 0 Å². The van der Waals surface area contributed by atoms with Crippen molar-refractivity contribution in [1.82, 2.24) is 4.57 Å². The number of benzene rings is 7. The highest BCUT2D eigenvalue weighted by molar-refractivity contribution is 7.26. The van der Waals surface area contributed by atoms with Crippen molar-refractivity contribution in [2.24, 2.45) is 0 Å². The number of fused-ring (bicyclic) bond motifs is 10. The summed E-state index contributed by atoms with van der Waals surface area (Å²) < 4.78 is 5.36. The van der Waals surface area contributed by atoms with Gasteiger partial charge in [0.05, 0.1) is 11.2 Å². The lowest BCUT2D eigenvalue weighted by molar-refractivity contribution is 0.590. The maximum Gasteiger partial charge on any atom is 0.273 e. The Hall–Kier alpha value is -6.04. The summed E-state index contributed by atoms with van der Waals surface area (Å²) in [5.74, 6) is 0.512. The molecule has 2 aliphatic heterocycles. The number of nitrogens with zero attached hydrogens (tertiary/aromatic N) is 3. The molecular weight excluding hydrogens is 866 g/mol. The average molecular weight is 934 g/mol. The van der Waals surface area contributed by atoms with E-state index in [9.17, 15) is 0 Å². The number of hydrogen-bond donors (Lipinski definition) is 0. The van der Waals surface area contributed by atoms with Gasteiger partial charge in [0.25, 0.3) is 6.71 Å². The van der Waals surface area contributed by atoms with E-state index in [2.05, 4.69) is 237 Å². The summed E-state index contributed by atoms with van der Waals surface area (Å²) >= 11 is 1.96. The lowest BCUT2D eigenvalue weighted by Crippen LogP contribution is -2.63. The highest BCUT2D eigenvalue weighted by atomic mass is 32.1. The highest BCUT2D eigenvalue weighted by Crippen LogP contribution is 2.52. The Kier molecular flexibility index (Phi) is 10.1. The summed E-state index contributed by atoms with van der Waals surface area (Å²) in [6, 6.07) is 55.3. The number of aromatic nitrogens is 1. The molecule has 5 heteroatoms. The molecule has 7 aromatic carbocycles. The van der Waals surface area contributed by atoms with Crippen LogP contribution in [-0.4, -0.2) is 11.3 Å². The van der Waals surface area contributed by atoms with Crippen LogP contribution in [0.1, 0.15) is 143 Å². The van der Waals surface area contributed by atoms with Crippen LogP contribution in [0, 0.1) is 0 Å². The van der Waals surface area contributed by atoms with Crippen LogP contribution in [0.2, 0.25) is 0 Å². The largest absolute Gasteiger partial charge is 0.319 e. The highest BCUT2D eigenvalue weighted by Gasteiger charge is 2.48. The maximum absolute atomic E-state index is 2.72. The zero-order chi connectivity index (χ0) is 48.8. The van der Waals surface area contributed by atoms with Crippen molar-refractivity contribution in [2.45, 2.75) is 136 Å². The third-order valence-electron chi connectivity index (χ3n) is 16.2. The van der Waals surface area contributed by atoms with Gasteiger partial charge in [-0.15, -0.1) is 11.3 Å². The van der Waals surface area contributed by atoms with E-state index in [0.717, 1.165) is 0 Å². The maximum atomic E-state index is 2.72. The number of hydrogen-bond acceptors (Lipinski definition) is 3. The SMILES string of the molecule is CC(C)(C)c1ccc(N2c3ccc(C(C)(C)C)cc3B3c4c2cc(C2CCCC2)cc4N(c2ccc(C(C)(C)C)cc2)c2c3n(-c3ccc(C(C)(C)C)cc3)c3ccc4c5ccccc5sc4c23)cc1. The van der Waals surface area contributed by atoms with E-state index < -0.39 is 0 Å². The molecule has 1 fully saturated rings. The lowest BCUT2D eigenvalue weighted by atomic mass is 9.34. The van der Waals surface area contributed by atoms with Gasteiger partial charge in [-0.1, -0.05) is 169 Å². The Labute approximate surface area is 421 Å². The molecule has 2 aromatic heterocycles. The van der Waals surface area contributed by atoms with Crippen molar-refractivity contribution in [3.8, 4) is 5.69 Å². The minimum absolute atomic E-state index is 0.0221. The molecule has 0 bridgehead atoms. The Balaban J connectivity index is 1.27. The van der Waals surface area contributed by atoms with Crippen LogP contribution in [0.5, 0.6) is 0 Å². The van der Waals surface area contributed by atoms with Gasteiger partial charge in [0.15, 0.2) is 0 Å². The molecule has 0 spiro atoms.